The van der Waals surface area contributed by atoms with Crippen LogP contribution in [0, 0.1) is 6.92 Å². The number of ether oxygens (including phenoxy) is 2. The maximum atomic E-state index is 12.7. The van der Waals surface area contributed by atoms with Crippen LogP contribution >= 0.6 is 0 Å². The number of benzene rings is 1. The van der Waals surface area contributed by atoms with Crippen LogP contribution in [0.4, 0.5) is 5.82 Å². The summed E-state index contributed by atoms with van der Waals surface area (Å²) >= 11 is 0. The Morgan fingerprint density at radius 1 is 1.24 bits per heavy atom. The maximum Gasteiger partial charge on any atom is 0.254 e. The molecule has 1 aromatic heterocycles. The highest BCUT2D eigenvalue weighted by molar-refractivity contribution is 5.99. The molecule has 134 valence electrons. The standard InChI is InChI=1S/C17H21N3O5/c1-12-10-15(19-25-12)18-16(21)11-20(8-9-23-2)17(22)13-4-6-14(24-3)7-5-13/h4-7,10H,8-9,11H2,1-3H3,(H,18,19,21). The molecule has 0 aliphatic heterocycles. The van der Waals surface area contributed by atoms with E-state index in [1.54, 1.807) is 44.4 Å². The molecule has 0 atom stereocenters. The van der Waals surface area contributed by atoms with Gasteiger partial charge in [-0.25, -0.2) is 0 Å². The lowest BCUT2D eigenvalue weighted by Gasteiger charge is -2.21. The zero-order chi connectivity index (χ0) is 18.2. The van der Waals surface area contributed by atoms with Crippen molar-refractivity contribution in [3.8, 4) is 5.75 Å². The highest BCUT2D eigenvalue weighted by atomic mass is 16.5. The summed E-state index contributed by atoms with van der Waals surface area (Å²) in [5.74, 6) is 0.906. The summed E-state index contributed by atoms with van der Waals surface area (Å²) in [4.78, 5) is 26.3. The third-order valence-electron chi connectivity index (χ3n) is 3.42. The monoisotopic (exact) mass is 347 g/mol. The molecule has 2 rings (SSSR count). The Labute approximate surface area is 145 Å². The molecule has 2 aromatic rings. The molecule has 2 amide bonds. The van der Waals surface area contributed by atoms with Gasteiger partial charge in [0.15, 0.2) is 5.82 Å². The molecule has 1 aromatic carbocycles. The maximum absolute atomic E-state index is 12.7. The first-order valence-corrected chi connectivity index (χ1v) is 7.69. The predicted octanol–water partition coefficient (Wildman–Crippen LogP) is 1.72. The zero-order valence-corrected chi connectivity index (χ0v) is 14.4. The molecule has 0 fully saturated rings. The molecule has 0 spiro atoms. The van der Waals surface area contributed by atoms with Crippen LogP contribution in [-0.4, -0.2) is 55.8 Å². The van der Waals surface area contributed by atoms with Gasteiger partial charge in [0.1, 0.15) is 18.1 Å². The molecule has 0 saturated heterocycles. The average molecular weight is 347 g/mol. The quantitative estimate of drug-likeness (QED) is 0.781. The second-order valence-electron chi connectivity index (χ2n) is 5.32. The minimum Gasteiger partial charge on any atom is -0.497 e. The zero-order valence-electron chi connectivity index (χ0n) is 14.4. The number of hydrogen-bond acceptors (Lipinski definition) is 6. The number of hydrogen-bond donors (Lipinski definition) is 1. The normalized spacial score (nSPS) is 10.4. The van der Waals surface area contributed by atoms with Crippen LogP contribution in [0.1, 0.15) is 16.1 Å². The summed E-state index contributed by atoms with van der Waals surface area (Å²) in [5.41, 5.74) is 0.460. The number of rotatable bonds is 8. The van der Waals surface area contributed by atoms with Crippen molar-refractivity contribution in [1.29, 1.82) is 0 Å². The first kappa shape index (κ1) is 18.5. The van der Waals surface area contributed by atoms with Gasteiger partial charge in [-0.15, -0.1) is 0 Å². The van der Waals surface area contributed by atoms with Gasteiger partial charge in [0.05, 0.1) is 13.7 Å². The van der Waals surface area contributed by atoms with E-state index in [9.17, 15) is 9.59 Å². The third kappa shape index (κ3) is 5.32. The van der Waals surface area contributed by atoms with Gasteiger partial charge in [0, 0.05) is 25.3 Å². The number of carbonyl (C=O) groups excluding carboxylic acids is 2. The highest BCUT2D eigenvalue weighted by Gasteiger charge is 2.19. The van der Waals surface area contributed by atoms with E-state index in [-0.39, 0.29) is 24.9 Å². The van der Waals surface area contributed by atoms with Crippen LogP contribution in [0.25, 0.3) is 0 Å². The van der Waals surface area contributed by atoms with Crippen LogP contribution < -0.4 is 10.1 Å². The smallest absolute Gasteiger partial charge is 0.254 e. The minimum atomic E-state index is -0.369. The van der Waals surface area contributed by atoms with Gasteiger partial charge >= 0.3 is 0 Å². The molecular formula is C17H21N3O5. The van der Waals surface area contributed by atoms with Crippen molar-refractivity contribution in [1.82, 2.24) is 10.1 Å². The number of aryl methyl sites for hydroxylation is 1. The third-order valence-corrected chi connectivity index (χ3v) is 3.42. The Kier molecular flexibility index (Phi) is 6.53. The van der Waals surface area contributed by atoms with Crippen molar-refractivity contribution in [2.75, 3.05) is 39.2 Å². The van der Waals surface area contributed by atoms with E-state index < -0.39 is 0 Å². The summed E-state index contributed by atoms with van der Waals surface area (Å²) in [6, 6.07) is 8.29. The van der Waals surface area contributed by atoms with E-state index in [0.29, 0.717) is 29.5 Å². The number of methoxy groups -OCH3 is 2. The van der Waals surface area contributed by atoms with E-state index in [1.165, 1.54) is 12.0 Å². The summed E-state index contributed by atoms with van der Waals surface area (Å²) < 4.78 is 15.0. The number of anilines is 1. The minimum absolute atomic E-state index is 0.125. The van der Waals surface area contributed by atoms with E-state index in [1.807, 2.05) is 0 Å². The van der Waals surface area contributed by atoms with Crippen molar-refractivity contribution < 1.29 is 23.6 Å². The summed E-state index contributed by atoms with van der Waals surface area (Å²) in [7, 11) is 3.09. The molecule has 0 radical (unpaired) electrons. The highest BCUT2D eigenvalue weighted by Crippen LogP contribution is 2.13. The number of nitrogens with one attached hydrogen (secondary N) is 1. The van der Waals surface area contributed by atoms with E-state index in [4.69, 9.17) is 14.0 Å². The summed E-state index contributed by atoms with van der Waals surface area (Å²) in [6.45, 7) is 2.20. The first-order valence-electron chi connectivity index (χ1n) is 7.69. The molecule has 0 aliphatic rings. The van der Waals surface area contributed by atoms with Crippen molar-refractivity contribution in [3.63, 3.8) is 0 Å². The molecule has 0 bridgehead atoms. The van der Waals surface area contributed by atoms with Gasteiger partial charge in [0.2, 0.25) is 5.91 Å². The second-order valence-corrected chi connectivity index (χ2v) is 5.32. The van der Waals surface area contributed by atoms with E-state index >= 15 is 0 Å². The summed E-state index contributed by atoms with van der Waals surface area (Å²) in [6.07, 6.45) is 0. The molecule has 1 heterocycles. The van der Waals surface area contributed by atoms with Gasteiger partial charge in [0.25, 0.3) is 5.91 Å². The Bertz CT molecular complexity index is 711. The van der Waals surface area contributed by atoms with Crippen LogP contribution in [0.15, 0.2) is 34.9 Å². The van der Waals surface area contributed by atoms with Crippen molar-refractivity contribution in [3.05, 3.63) is 41.7 Å². The van der Waals surface area contributed by atoms with Crippen molar-refractivity contribution in [2.45, 2.75) is 6.92 Å². The van der Waals surface area contributed by atoms with Crippen LogP contribution in [0.5, 0.6) is 5.75 Å². The molecule has 25 heavy (non-hydrogen) atoms. The number of aromatic nitrogens is 1. The van der Waals surface area contributed by atoms with E-state index in [2.05, 4.69) is 10.5 Å². The Hall–Kier alpha value is -2.87. The average Bonchev–Trinajstić information content (AvgIpc) is 3.02. The van der Waals surface area contributed by atoms with Gasteiger partial charge in [-0.2, -0.15) is 0 Å². The fourth-order valence-corrected chi connectivity index (χ4v) is 2.15. The van der Waals surface area contributed by atoms with Gasteiger partial charge < -0.3 is 24.2 Å². The molecule has 0 saturated carbocycles. The number of nitrogens with zero attached hydrogens (tertiary/aromatic N) is 2. The van der Waals surface area contributed by atoms with Crippen molar-refractivity contribution in [2.24, 2.45) is 0 Å². The fraction of sp³-hybridized carbons (Fsp3) is 0.353. The fourth-order valence-electron chi connectivity index (χ4n) is 2.15. The lowest BCUT2D eigenvalue weighted by atomic mass is 10.2. The Morgan fingerprint density at radius 2 is 1.96 bits per heavy atom. The van der Waals surface area contributed by atoms with Crippen LogP contribution in [-0.2, 0) is 9.53 Å². The molecule has 8 heteroatoms. The van der Waals surface area contributed by atoms with Gasteiger partial charge in [-0.1, -0.05) is 5.16 Å². The predicted molar refractivity (Wildman–Crippen MR) is 90.6 cm³/mol. The SMILES string of the molecule is COCCN(CC(=O)Nc1cc(C)on1)C(=O)c1ccc(OC)cc1. The van der Waals surface area contributed by atoms with Crippen LogP contribution in [0.3, 0.4) is 0 Å². The largest absolute Gasteiger partial charge is 0.497 e. The lowest BCUT2D eigenvalue weighted by Crippen LogP contribution is -2.40. The lowest BCUT2D eigenvalue weighted by molar-refractivity contribution is -0.117. The second kappa shape index (κ2) is 8.84. The Balaban J connectivity index is 2.05. The number of carbonyl (C=O) groups is 2. The first-order chi connectivity index (χ1) is 12.0. The molecule has 0 aliphatic carbocycles. The van der Waals surface area contributed by atoms with Gasteiger partial charge in [-0.05, 0) is 31.2 Å². The Morgan fingerprint density at radius 3 is 2.52 bits per heavy atom. The summed E-state index contributed by atoms with van der Waals surface area (Å²) in [5, 5.41) is 6.29. The van der Waals surface area contributed by atoms with E-state index in [0.717, 1.165) is 0 Å². The molecule has 1 N–H and O–H groups in total. The van der Waals surface area contributed by atoms with Gasteiger partial charge in [-0.3, -0.25) is 9.59 Å². The molecule has 0 unspecified atom stereocenters. The van der Waals surface area contributed by atoms with Crippen molar-refractivity contribution >= 4 is 17.6 Å². The number of amides is 2. The van der Waals surface area contributed by atoms with Crippen LogP contribution in [0.2, 0.25) is 0 Å². The molecule has 8 nitrogen and oxygen atoms in total. The topological polar surface area (TPSA) is 93.9 Å². The molecular weight excluding hydrogens is 326 g/mol.